The molecule has 0 atom stereocenters. The summed E-state index contributed by atoms with van der Waals surface area (Å²) in [5.74, 6) is -0.723. The Labute approximate surface area is 119 Å². The van der Waals surface area contributed by atoms with Crippen LogP contribution in [0, 0.1) is 5.82 Å². The lowest BCUT2D eigenvalue weighted by Gasteiger charge is -2.32. The molecule has 0 unspecified atom stereocenters. The fourth-order valence-electron chi connectivity index (χ4n) is 2.15. The van der Waals surface area contributed by atoms with Gasteiger partial charge in [-0.05, 0) is 19.2 Å². The van der Waals surface area contributed by atoms with Crippen LogP contribution in [0.3, 0.4) is 0 Å². The number of sulfonamides is 1. The van der Waals surface area contributed by atoms with Crippen LogP contribution in [0.5, 0.6) is 0 Å². The summed E-state index contributed by atoms with van der Waals surface area (Å²) in [6.07, 6.45) is 0. The van der Waals surface area contributed by atoms with E-state index in [4.69, 9.17) is 0 Å². The van der Waals surface area contributed by atoms with Gasteiger partial charge in [-0.15, -0.1) is 0 Å². The second-order valence-corrected chi connectivity index (χ2v) is 6.71. The van der Waals surface area contributed by atoms with E-state index in [0.717, 1.165) is 32.2 Å². The first-order valence-corrected chi connectivity index (χ1v) is 8.12. The van der Waals surface area contributed by atoms with Gasteiger partial charge in [0.2, 0.25) is 10.0 Å². The largest absolute Gasteiger partial charge is 0.304 e. The molecule has 1 aliphatic rings. The Kier molecular flexibility index (Phi) is 5.09. The van der Waals surface area contributed by atoms with E-state index in [-0.39, 0.29) is 4.90 Å². The van der Waals surface area contributed by atoms with Crippen molar-refractivity contribution in [2.75, 3.05) is 46.3 Å². The Morgan fingerprint density at radius 2 is 1.85 bits per heavy atom. The lowest BCUT2D eigenvalue weighted by molar-refractivity contribution is 0.156. The molecule has 0 bridgehead atoms. The third-order valence-electron chi connectivity index (χ3n) is 3.44. The van der Waals surface area contributed by atoms with Crippen LogP contribution in [0.15, 0.2) is 29.2 Å². The fraction of sp³-hybridized carbons (Fsp3) is 0.538. The SMILES string of the molecule is CN1CCN(CCNS(=O)(=O)c2ccccc2F)CC1. The number of piperazine rings is 1. The van der Waals surface area contributed by atoms with Crippen LogP contribution in [0.1, 0.15) is 0 Å². The van der Waals surface area contributed by atoms with Gasteiger partial charge in [-0.2, -0.15) is 0 Å². The van der Waals surface area contributed by atoms with Gasteiger partial charge >= 0.3 is 0 Å². The molecule has 1 aromatic rings. The predicted octanol–water partition coefficient (Wildman–Crippen LogP) is 0.351. The molecule has 0 radical (unpaired) electrons. The molecule has 1 N–H and O–H groups in total. The molecule has 1 fully saturated rings. The standard InChI is InChI=1S/C13H20FN3O2S/c1-16-8-10-17(11-9-16)7-6-15-20(18,19)13-5-3-2-4-12(13)14/h2-5,15H,6-11H2,1H3. The molecule has 5 nitrogen and oxygen atoms in total. The number of nitrogens with one attached hydrogen (secondary N) is 1. The zero-order valence-corrected chi connectivity index (χ0v) is 12.4. The van der Waals surface area contributed by atoms with Gasteiger partial charge in [0.05, 0.1) is 0 Å². The van der Waals surface area contributed by atoms with Crippen LogP contribution in [0.25, 0.3) is 0 Å². The summed E-state index contributed by atoms with van der Waals surface area (Å²) in [6, 6.07) is 5.40. The Morgan fingerprint density at radius 1 is 1.20 bits per heavy atom. The summed E-state index contributed by atoms with van der Waals surface area (Å²) in [5.41, 5.74) is 0. The van der Waals surface area contributed by atoms with E-state index < -0.39 is 15.8 Å². The molecule has 0 saturated carbocycles. The summed E-state index contributed by atoms with van der Waals surface area (Å²) in [7, 11) is -1.70. The van der Waals surface area contributed by atoms with Crippen LogP contribution in [0.2, 0.25) is 0 Å². The lowest BCUT2D eigenvalue weighted by atomic mass is 10.3. The van der Waals surface area contributed by atoms with Crippen molar-refractivity contribution in [3.05, 3.63) is 30.1 Å². The Bertz CT molecular complexity index is 542. The van der Waals surface area contributed by atoms with Crippen LogP contribution < -0.4 is 4.72 Å². The molecule has 2 rings (SSSR count). The van der Waals surface area contributed by atoms with Gasteiger partial charge < -0.3 is 4.90 Å². The van der Waals surface area contributed by atoms with Crippen LogP contribution in [-0.4, -0.2) is 64.5 Å². The van der Waals surface area contributed by atoms with Gasteiger partial charge in [0, 0.05) is 39.3 Å². The maximum absolute atomic E-state index is 13.5. The summed E-state index contributed by atoms with van der Waals surface area (Å²) < 4.78 is 39.9. The van der Waals surface area contributed by atoms with Crippen molar-refractivity contribution in [1.82, 2.24) is 14.5 Å². The minimum absolute atomic E-state index is 0.292. The van der Waals surface area contributed by atoms with Crippen LogP contribution >= 0.6 is 0 Å². The highest BCUT2D eigenvalue weighted by molar-refractivity contribution is 7.89. The molecule has 20 heavy (non-hydrogen) atoms. The molecule has 1 heterocycles. The van der Waals surface area contributed by atoms with E-state index in [2.05, 4.69) is 21.6 Å². The molecule has 112 valence electrons. The number of hydrogen-bond donors (Lipinski definition) is 1. The molecule has 0 aromatic heterocycles. The van der Waals surface area contributed by atoms with Gasteiger partial charge in [-0.25, -0.2) is 17.5 Å². The number of likely N-dealkylation sites (N-methyl/N-ethyl adjacent to an activating group) is 1. The van der Waals surface area contributed by atoms with Gasteiger partial charge in [0.25, 0.3) is 0 Å². The molecular weight excluding hydrogens is 281 g/mol. The topological polar surface area (TPSA) is 52.6 Å². The van der Waals surface area contributed by atoms with Crippen molar-refractivity contribution in [1.29, 1.82) is 0 Å². The van der Waals surface area contributed by atoms with Crippen molar-refractivity contribution in [3.8, 4) is 0 Å². The molecule has 1 saturated heterocycles. The van der Waals surface area contributed by atoms with E-state index in [0.29, 0.717) is 13.1 Å². The molecule has 0 aliphatic carbocycles. The molecule has 1 aromatic carbocycles. The lowest BCUT2D eigenvalue weighted by Crippen LogP contribution is -2.46. The average Bonchev–Trinajstić information content (AvgIpc) is 2.41. The van der Waals surface area contributed by atoms with Gasteiger partial charge in [-0.1, -0.05) is 12.1 Å². The second kappa shape index (κ2) is 6.62. The van der Waals surface area contributed by atoms with Crippen molar-refractivity contribution < 1.29 is 12.8 Å². The van der Waals surface area contributed by atoms with E-state index in [1.54, 1.807) is 0 Å². The number of nitrogens with zero attached hydrogens (tertiary/aromatic N) is 2. The van der Waals surface area contributed by atoms with Gasteiger partial charge in [-0.3, -0.25) is 4.90 Å². The average molecular weight is 301 g/mol. The molecule has 1 aliphatic heterocycles. The Hall–Kier alpha value is -1.02. The van der Waals surface area contributed by atoms with Crippen molar-refractivity contribution >= 4 is 10.0 Å². The Morgan fingerprint density at radius 3 is 2.50 bits per heavy atom. The predicted molar refractivity (Wildman–Crippen MR) is 75.5 cm³/mol. The van der Waals surface area contributed by atoms with E-state index in [1.165, 1.54) is 18.2 Å². The first-order chi connectivity index (χ1) is 9.49. The molecule has 7 heteroatoms. The van der Waals surface area contributed by atoms with Crippen molar-refractivity contribution in [2.45, 2.75) is 4.90 Å². The van der Waals surface area contributed by atoms with Crippen molar-refractivity contribution in [3.63, 3.8) is 0 Å². The number of hydrogen-bond acceptors (Lipinski definition) is 4. The Balaban J connectivity index is 1.86. The molecule has 0 spiro atoms. The first kappa shape index (κ1) is 15.4. The fourth-order valence-corrected chi connectivity index (χ4v) is 3.25. The second-order valence-electron chi connectivity index (χ2n) is 4.97. The number of benzene rings is 1. The maximum atomic E-state index is 13.5. The molecule has 0 amide bonds. The maximum Gasteiger partial charge on any atom is 0.243 e. The summed E-state index contributed by atoms with van der Waals surface area (Å²) in [6.45, 7) is 4.76. The number of halogens is 1. The zero-order chi connectivity index (χ0) is 14.6. The third-order valence-corrected chi connectivity index (χ3v) is 4.94. The highest BCUT2D eigenvalue weighted by atomic mass is 32.2. The van der Waals surface area contributed by atoms with E-state index in [1.807, 2.05) is 0 Å². The minimum Gasteiger partial charge on any atom is -0.304 e. The summed E-state index contributed by atoms with van der Waals surface area (Å²) in [5, 5.41) is 0. The normalized spacial score (nSPS) is 18.3. The van der Waals surface area contributed by atoms with E-state index >= 15 is 0 Å². The van der Waals surface area contributed by atoms with Gasteiger partial charge in [0.15, 0.2) is 0 Å². The minimum atomic E-state index is -3.76. The quantitative estimate of drug-likeness (QED) is 0.853. The van der Waals surface area contributed by atoms with Crippen molar-refractivity contribution in [2.24, 2.45) is 0 Å². The monoisotopic (exact) mass is 301 g/mol. The number of rotatable bonds is 5. The zero-order valence-electron chi connectivity index (χ0n) is 11.5. The smallest absolute Gasteiger partial charge is 0.243 e. The highest BCUT2D eigenvalue weighted by Crippen LogP contribution is 2.12. The summed E-state index contributed by atoms with van der Waals surface area (Å²) in [4.78, 5) is 4.14. The third kappa shape index (κ3) is 3.99. The molecular formula is C13H20FN3O2S. The first-order valence-electron chi connectivity index (χ1n) is 6.64. The highest BCUT2D eigenvalue weighted by Gasteiger charge is 2.19. The summed E-state index contributed by atoms with van der Waals surface area (Å²) >= 11 is 0. The van der Waals surface area contributed by atoms with Crippen LogP contribution in [0.4, 0.5) is 4.39 Å². The van der Waals surface area contributed by atoms with Gasteiger partial charge in [0.1, 0.15) is 10.7 Å². The van der Waals surface area contributed by atoms with E-state index in [9.17, 15) is 12.8 Å². The van der Waals surface area contributed by atoms with Crippen LogP contribution in [-0.2, 0) is 10.0 Å².